The lowest BCUT2D eigenvalue weighted by Gasteiger charge is -2.25. The molecular weight excluding hydrogens is 256 g/mol. The Hall–Kier alpha value is -1.24. The Morgan fingerprint density at radius 1 is 1.19 bits per heavy atom. The van der Waals surface area contributed by atoms with Gasteiger partial charge >= 0.3 is 0 Å². The molecule has 0 spiro atoms. The van der Waals surface area contributed by atoms with Crippen LogP contribution in [0.15, 0.2) is 30.4 Å². The maximum Gasteiger partial charge on any atom is 0.123 e. The van der Waals surface area contributed by atoms with Gasteiger partial charge in [-0.2, -0.15) is 0 Å². The highest BCUT2D eigenvalue weighted by Gasteiger charge is 2.21. The monoisotopic (exact) mass is 288 g/mol. The summed E-state index contributed by atoms with van der Waals surface area (Å²) in [4.78, 5) is 0. The molecule has 1 aromatic rings. The summed E-state index contributed by atoms with van der Waals surface area (Å²) in [6.45, 7) is 14.1. The molecule has 0 heterocycles. The summed E-state index contributed by atoms with van der Waals surface area (Å²) in [5, 5.41) is 0. The molecule has 21 heavy (non-hydrogen) atoms. The van der Waals surface area contributed by atoms with Crippen LogP contribution in [0, 0.1) is 0 Å². The van der Waals surface area contributed by atoms with Crippen molar-refractivity contribution in [3.63, 3.8) is 0 Å². The molecule has 1 nitrogen and oxygen atoms in total. The van der Waals surface area contributed by atoms with Gasteiger partial charge in [-0.15, -0.1) is 0 Å². The van der Waals surface area contributed by atoms with Crippen LogP contribution in [0.4, 0.5) is 0 Å². The second kappa shape index (κ2) is 8.26. The van der Waals surface area contributed by atoms with Gasteiger partial charge in [0.15, 0.2) is 0 Å². The fourth-order valence-corrected chi connectivity index (χ4v) is 2.56. The van der Waals surface area contributed by atoms with Crippen molar-refractivity contribution >= 4 is 0 Å². The summed E-state index contributed by atoms with van der Waals surface area (Å²) in [6, 6.07) is 6.78. The molecule has 0 saturated heterocycles. The molecule has 118 valence electrons. The van der Waals surface area contributed by atoms with Crippen molar-refractivity contribution in [1.82, 2.24) is 0 Å². The molecule has 0 saturated carbocycles. The van der Waals surface area contributed by atoms with E-state index in [1.54, 1.807) is 0 Å². The molecular formula is C20H32O. The summed E-state index contributed by atoms with van der Waals surface area (Å²) >= 11 is 0. The van der Waals surface area contributed by atoms with E-state index >= 15 is 0 Å². The van der Waals surface area contributed by atoms with Gasteiger partial charge in [-0.1, -0.05) is 58.9 Å². The number of benzene rings is 1. The first-order chi connectivity index (χ1) is 9.93. The number of ether oxygens (including phenoxy) is 1. The van der Waals surface area contributed by atoms with E-state index < -0.39 is 0 Å². The number of hydrogen-bond donors (Lipinski definition) is 0. The summed E-state index contributed by atoms with van der Waals surface area (Å²) in [5.74, 6) is 1.65. The van der Waals surface area contributed by atoms with E-state index in [4.69, 9.17) is 4.74 Å². The Morgan fingerprint density at radius 3 is 2.43 bits per heavy atom. The number of hydrogen-bond acceptors (Lipinski definition) is 1. The molecule has 0 aromatic heterocycles. The van der Waals surface area contributed by atoms with Crippen LogP contribution in [-0.2, 0) is 5.41 Å². The quantitative estimate of drug-likeness (QED) is 0.540. The van der Waals surface area contributed by atoms with Crippen LogP contribution >= 0.6 is 0 Å². The highest BCUT2D eigenvalue weighted by atomic mass is 16.5. The molecule has 0 aliphatic carbocycles. The molecule has 0 radical (unpaired) electrons. The summed E-state index contributed by atoms with van der Waals surface area (Å²) < 4.78 is 5.95. The molecule has 1 unspecified atom stereocenters. The van der Waals surface area contributed by atoms with E-state index in [9.17, 15) is 0 Å². The van der Waals surface area contributed by atoms with Gasteiger partial charge in [0.05, 0.1) is 6.61 Å². The first kappa shape index (κ1) is 17.8. The molecule has 1 aromatic carbocycles. The zero-order valence-corrected chi connectivity index (χ0v) is 14.7. The van der Waals surface area contributed by atoms with Gasteiger partial charge in [-0.05, 0) is 54.7 Å². The van der Waals surface area contributed by atoms with E-state index in [0.29, 0.717) is 5.92 Å². The van der Waals surface area contributed by atoms with Gasteiger partial charge in [-0.25, -0.2) is 0 Å². The number of rotatable bonds is 7. The lowest BCUT2D eigenvalue weighted by Crippen LogP contribution is -2.15. The zero-order chi connectivity index (χ0) is 15.9. The van der Waals surface area contributed by atoms with E-state index in [0.717, 1.165) is 25.2 Å². The first-order valence-electron chi connectivity index (χ1n) is 8.32. The van der Waals surface area contributed by atoms with Crippen molar-refractivity contribution in [2.75, 3.05) is 6.61 Å². The minimum Gasteiger partial charge on any atom is -0.493 e. The minimum atomic E-state index is 0.109. The van der Waals surface area contributed by atoms with Gasteiger partial charge in [0.25, 0.3) is 0 Å². The molecule has 0 aliphatic heterocycles. The third-order valence-electron chi connectivity index (χ3n) is 3.89. The topological polar surface area (TPSA) is 9.23 Å². The smallest absolute Gasteiger partial charge is 0.123 e. The second-order valence-corrected chi connectivity index (χ2v) is 6.76. The van der Waals surface area contributed by atoms with Crippen LogP contribution in [0.1, 0.15) is 77.8 Å². The van der Waals surface area contributed by atoms with Gasteiger partial charge in [0.1, 0.15) is 5.75 Å². The molecule has 0 bridgehead atoms. The van der Waals surface area contributed by atoms with E-state index in [2.05, 4.69) is 71.9 Å². The molecule has 0 N–H and O–H groups in total. The van der Waals surface area contributed by atoms with E-state index in [1.165, 1.54) is 17.5 Å². The predicted molar refractivity (Wildman–Crippen MR) is 93.4 cm³/mol. The van der Waals surface area contributed by atoms with Gasteiger partial charge in [0, 0.05) is 0 Å². The fraction of sp³-hybridized carbons (Fsp3) is 0.600. The Bertz CT molecular complexity index is 451. The zero-order valence-electron chi connectivity index (χ0n) is 14.7. The Balaban J connectivity index is 3.13. The lowest BCUT2D eigenvalue weighted by atomic mass is 9.82. The Kier molecular flexibility index (Phi) is 7.01. The lowest BCUT2D eigenvalue weighted by molar-refractivity contribution is 0.308. The third-order valence-corrected chi connectivity index (χ3v) is 3.89. The maximum absolute atomic E-state index is 5.95. The first-order valence-corrected chi connectivity index (χ1v) is 8.32. The van der Waals surface area contributed by atoms with E-state index in [-0.39, 0.29) is 5.41 Å². The normalized spacial score (nSPS) is 13.6. The van der Waals surface area contributed by atoms with Crippen LogP contribution in [0.5, 0.6) is 5.75 Å². The maximum atomic E-state index is 5.95. The molecule has 1 heteroatoms. The largest absolute Gasteiger partial charge is 0.493 e. The average molecular weight is 288 g/mol. The Morgan fingerprint density at radius 2 is 1.90 bits per heavy atom. The Labute approximate surface area is 131 Å². The molecule has 1 rings (SSSR count). The van der Waals surface area contributed by atoms with Crippen molar-refractivity contribution in [1.29, 1.82) is 0 Å². The van der Waals surface area contributed by atoms with Crippen LogP contribution in [0.25, 0.3) is 0 Å². The van der Waals surface area contributed by atoms with Crippen molar-refractivity contribution in [3.8, 4) is 5.75 Å². The van der Waals surface area contributed by atoms with Crippen LogP contribution in [0.2, 0.25) is 0 Å². The van der Waals surface area contributed by atoms with Crippen LogP contribution in [-0.4, -0.2) is 6.61 Å². The SMILES string of the molecule is C/C=C\CC(CC)c1ccc(OCCC)c(C(C)(C)C)c1. The van der Waals surface area contributed by atoms with Crippen LogP contribution < -0.4 is 4.74 Å². The minimum absolute atomic E-state index is 0.109. The van der Waals surface area contributed by atoms with Gasteiger partial charge in [-0.3, -0.25) is 0 Å². The highest BCUT2D eigenvalue weighted by Crippen LogP contribution is 2.35. The fourth-order valence-electron chi connectivity index (χ4n) is 2.56. The summed E-state index contributed by atoms with van der Waals surface area (Å²) in [5.41, 5.74) is 2.87. The van der Waals surface area contributed by atoms with Crippen LogP contribution in [0.3, 0.4) is 0 Å². The molecule has 0 aliphatic rings. The molecule has 1 atom stereocenters. The highest BCUT2D eigenvalue weighted by molar-refractivity contribution is 5.42. The second-order valence-electron chi connectivity index (χ2n) is 6.76. The standard InChI is InChI=1S/C20H32O/c1-7-10-11-16(9-3)17-12-13-19(21-14-8-2)18(15-17)20(4,5)6/h7,10,12-13,15-16H,8-9,11,14H2,1-6H3/b10-7-. The summed E-state index contributed by atoms with van der Waals surface area (Å²) in [7, 11) is 0. The summed E-state index contributed by atoms with van der Waals surface area (Å²) in [6.07, 6.45) is 7.75. The van der Waals surface area contributed by atoms with Crippen molar-refractivity contribution < 1.29 is 4.74 Å². The molecule has 0 fully saturated rings. The van der Waals surface area contributed by atoms with Crippen molar-refractivity contribution in [3.05, 3.63) is 41.5 Å². The predicted octanol–water partition coefficient (Wildman–Crippen LogP) is 6.23. The third kappa shape index (κ3) is 5.22. The van der Waals surface area contributed by atoms with Crippen molar-refractivity contribution in [2.24, 2.45) is 0 Å². The van der Waals surface area contributed by atoms with Crippen molar-refractivity contribution in [2.45, 2.75) is 72.1 Å². The van der Waals surface area contributed by atoms with E-state index in [1.807, 2.05) is 0 Å². The van der Waals surface area contributed by atoms with Gasteiger partial charge in [0.2, 0.25) is 0 Å². The number of allylic oxidation sites excluding steroid dienone is 2. The van der Waals surface area contributed by atoms with Gasteiger partial charge < -0.3 is 4.74 Å². The molecule has 0 amide bonds. The average Bonchev–Trinajstić information content (AvgIpc) is 2.45.